The van der Waals surface area contributed by atoms with Gasteiger partial charge < -0.3 is 4.90 Å². The Morgan fingerprint density at radius 1 is 0.960 bits per heavy atom. The Hall–Kier alpha value is -1.79. The van der Waals surface area contributed by atoms with E-state index in [-0.39, 0.29) is 11.7 Å². The Morgan fingerprint density at radius 3 is 2.44 bits per heavy atom. The molecule has 3 rings (SSSR count). The summed E-state index contributed by atoms with van der Waals surface area (Å²) in [6, 6.07) is 10.7. The van der Waals surface area contributed by atoms with Crippen LogP contribution in [-0.2, 0) is 6.54 Å². The average molecular weight is 409 g/mol. The van der Waals surface area contributed by atoms with Crippen LogP contribution in [0.3, 0.4) is 0 Å². The third kappa shape index (κ3) is 4.64. The van der Waals surface area contributed by atoms with Crippen LogP contribution in [0.1, 0.15) is 22.3 Å². The first kappa shape index (κ1) is 18.0. The molecule has 1 aliphatic rings. The minimum Gasteiger partial charge on any atom is -0.337 e. The molecule has 2 aromatic carbocycles. The fourth-order valence-electron chi connectivity index (χ4n) is 3.01. The van der Waals surface area contributed by atoms with E-state index < -0.39 is 5.82 Å². The summed E-state index contributed by atoms with van der Waals surface area (Å²) in [7, 11) is 0. The first-order valence-electron chi connectivity index (χ1n) is 8.24. The van der Waals surface area contributed by atoms with Crippen molar-refractivity contribution in [3.05, 3.63) is 69.7 Å². The standard InChI is InChI=1S/C19H19BrF2N2O/c20-18-7-6-16(22)12-17(18)19(25)24-9-1-8-23(10-11-24)13-14-2-4-15(21)5-3-14/h2-7,12H,1,8-11,13H2. The quantitative estimate of drug-likeness (QED) is 0.763. The van der Waals surface area contributed by atoms with Gasteiger partial charge in [-0.1, -0.05) is 12.1 Å². The van der Waals surface area contributed by atoms with Crippen LogP contribution in [0.5, 0.6) is 0 Å². The molecule has 6 heteroatoms. The lowest BCUT2D eigenvalue weighted by atomic mass is 10.2. The third-order valence-corrected chi connectivity index (χ3v) is 5.05. The predicted octanol–water partition coefficient (Wildman–Crippen LogP) is 4.08. The van der Waals surface area contributed by atoms with E-state index in [9.17, 15) is 13.6 Å². The summed E-state index contributed by atoms with van der Waals surface area (Å²) >= 11 is 3.32. The molecule has 1 aliphatic heterocycles. The van der Waals surface area contributed by atoms with Gasteiger partial charge in [0.05, 0.1) is 5.56 Å². The van der Waals surface area contributed by atoms with Gasteiger partial charge in [0.2, 0.25) is 0 Å². The number of halogens is 3. The molecule has 1 saturated heterocycles. The van der Waals surface area contributed by atoms with Crippen LogP contribution in [0.25, 0.3) is 0 Å². The number of hydrogen-bond acceptors (Lipinski definition) is 2. The molecule has 3 nitrogen and oxygen atoms in total. The van der Waals surface area contributed by atoms with Crippen molar-refractivity contribution in [2.45, 2.75) is 13.0 Å². The van der Waals surface area contributed by atoms with Gasteiger partial charge in [0.1, 0.15) is 11.6 Å². The van der Waals surface area contributed by atoms with Crippen LogP contribution in [0.15, 0.2) is 46.9 Å². The highest BCUT2D eigenvalue weighted by Gasteiger charge is 2.22. The van der Waals surface area contributed by atoms with Gasteiger partial charge in [-0.15, -0.1) is 0 Å². The lowest BCUT2D eigenvalue weighted by molar-refractivity contribution is 0.0759. The van der Waals surface area contributed by atoms with Crippen LogP contribution in [0.4, 0.5) is 8.78 Å². The maximum absolute atomic E-state index is 13.5. The number of rotatable bonds is 3. The topological polar surface area (TPSA) is 23.6 Å². The molecule has 0 aliphatic carbocycles. The number of amides is 1. The highest BCUT2D eigenvalue weighted by atomic mass is 79.9. The molecule has 0 radical (unpaired) electrons. The first-order chi connectivity index (χ1) is 12.0. The predicted molar refractivity (Wildman–Crippen MR) is 96.3 cm³/mol. The van der Waals surface area contributed by atoms with Crippen molar-refractivity contribution < 1.29 is 13.6 Å². The van der Waals surface area contributed by atoms with Crippen molar-refractivity contribution in [1.29, 1.82) is 0 Å². The van der Waals surface area contributed by atoms with Gasteiger partial charge in [0.25, 0.3) is 5.91 Å². The summed E-state index contributed by atoms with van der Waals surface area (Å²) < 4.78 is 27.1. The number of hydrogen-bond donors (Lipinski definition) is 0. The summed E-state index contributed by atoms with van der Waals surface area (Å²) in [5, 5.41) is 0. The van der Waals surface area contributed by atoms with Crippen LogP contribution in [0.2, 0.25) is 0 Å². The maximum Gasteiger partial charge on any atom is 0.255 e. The van der Waals surface area contributed by atoms with Crippen LogP contribution >= 0.6 is 15.9 Å². The molecule has 25 heavy (non-hydrogen) atoms. The highest BCUT2D eigenvalue weighted by molar-refractivity contribution is 9.10. The second-order valence-electron chi connectivity index (χ2n) is 6.17. The summed E-state index contributed by atoms with van der Waals surface area (Å²) in [4.78, 5) is 16.7. The van der Waals surface area contributed by atoms with E-state index >= 15 is 0 Å². The molecule has 0 N–H and O–H groups in total. The molecule has 2 aromatic rings. The molecular weight excluding hydrogens is 390 g/mol. The first-order valence-corrected chi connectivity index (χ1v) is 9.03. The lowest BCUT2D eigenvalue weighted by Crippen LogP contribution is -2.35. The van der Waals surface area contributed by atoms with Gasteiger partial charge in [-0.3, -0.25) is 9.69 Å². The minimum absolute atomic E-state index is 0.157. The lowest BCUT2D eigenvalue weighted by Gasteiger charge is -2.22. The van der Waals surface area contributed by atoms with Crippen molar-refractivity contribution in [2.24, 2.45) is 0 Å². The normalized spacial score (nSPS) is 15.9. The summed E-state index contributed by atoms with van der Waals surface area (Å²) in [6.45, 7) is 3.55. The van der Waals surface area contributed by atoms with Gasteiger partial charge in [-0.05, 0) is 58.2 Å². The zero-order valence-corrected chi connectivity index (χ0v) is 15.3. The molecule has 1 amide bonds. The van der Waals surface area contributed by atoms with Crippen LogP contribution in [-0.4, -0.2) is 41.9 Å². The summed E-state index contributed by atoms with van der Waals surface area (Å²) in [5.74, 6) is -0.814. The van der Waals surface area contributed by atoms with Gasteiger partial charge in [-0.2, -0.15) is 0 Å². The molecule has 0 aromatic heterocycles. The van der Waals surface area contributed by atoms with Gasteiger partial charge >= 0.3 is 0 Å². The SMILES string of the molecule is O=C(c1cc(F)ccc1Br)N1CCCN(Cc2ccc(F)cc2)CC1. The molecule has 0 bridgehead atoms. The Bertz CT molecular complexity index is 752. The van der Waals surface area contributed by atoms with Gasteiger partial charge in [0, 0.05) is 37.2 Å². The van der Waals surface area contributed by atoms with Crippen molar-refractivity contribution in [3.8, 4) is 0 Å². The summed E-state index contributed by atoms with van der Waals surface area (Å²) in [5.41, 5.74) is 1.40. The second-order valence-corrected chi connectivity index (χ2v) is 7.03. The van der Waals surface area contributed by atoms with E-state index in [1.165, 1.54) is 24.3 Å². The fraction of sp³-hybridized carbons (Fsp3) is 0.316. The zero-order chi connectivity index (χ0) is 17.8. The van der Waals surface area contributed by atoms with Crippen molar-refractivity contribution >= 4 is 21.8 Å². The molecule has 0 unspecified atom stereocenters. The number of carbonyl (C=O) groups is 1. The molecule has 1 heterocycles. The number of carbonyl (C=O) groups excluding carboxylic acids is 1. The Morgan fingerprint density at radius 2 is 1.68 bits per heavy atom. The Balaban J connectivity index is 1.64. The van der Waals surface area contributed by atoms with E-state index in [0.29, 0.717) is 23.1 Å². The van der Waals surface area contributed by atoms with Gasteiger partial charge in [0.15, 0.2) is 0 Å². The Kier molecular flexibility index (Phi) is 5.81. The van der Waals surface area contributed by atoms with E-state index in [0.717, 1.165) is 31.6 Å². The van der Waals surface area contributed by atoms with E-state index in [4.69, 9.17) is 0 Å². The average Bonchev–Trinajstić information content (AvgIpc) is 2.84. The molecule has 0 saturated carbocycles. The van der Waals surface area contributed by atoms with E-state index in [1.54, 1.807) is 23.1 Å². The molecule has 132 valence electrons. The number of benzene rings is 2. The highest BCUT2D eigenvalue weighted by Crippen LogP contribution is 2.21. The van der Waals surface area contributed by atoms with Crippen molar-refractivity contribution in [2.75, 3.05) is 26.2 Å². The van der Waals surface area contributed by atoms with Crippen LogP contribution in [0, 0.1) is 11.6 Å². The van der Waals surface area contributed by atoms with Crippen molar-refractivity contribution in [1.82, 2.24) is 9.80 Å². The third-order valence-electron chi connectivity index (χ3n) is 4.35. The smallest absolute Gasteiger partial charge is 0.255 e. The largest absolute Gasteiger partial charge is 0.337 e. The molecule has 0 atom stereocenters. The maximum atomic E-state index is 13.5. The van der Waals surface area contributed by atoms with E-state index in [2.05, 4.69) is 20.8 Å². The minimum atomic E-state index is -0.417. The zero-order valence-electron chi connectivity index (χ0n) is 13.7. The monoisotopic (exact) mass is 408 g/mol. The Labute approximate surface area is 154 Å². The van der Waals surface area contributed by atoms with Gasteiger partial charge in [-0.25, -0.2) is 8.78 Å². The van der Waals surface area contributed by atoms with E-state index in [1.807, 2.05) is 0 Å². The van der Waals surface area contributed by atoms with Crippen molar-refractivity contribution in [3.63, 3.8) is 0 Å². The molecule has 0 spiro atoms. The second kappa shape index (κ2) is 8.06. The summed E-state index contributed by atoms with van der Waals surface area (Å²) in [6.07, 6.45) is 0.847. The molecular formula is C19H19BrF2N2O. The van der Waals surface area contributed by atoms with Crippen LogP contribution < -0.4 is 0 Å². The molecule has 1 fully saturated rings. The fourth-order valence-corrected chi connectivity index (χ4v) is 3.43. The number of nitrogens with zero attached hydrogens (tertiary/aromatic N) is 2.